The van der Waals surface area contributed by atoms with Gasteiger partial charge in [0.2, 0.25) is 0 Å². The summed E-state index contributed by atoms with van der Waals surface area (Å²) in [5, 5.41) is 0. The summed E-state index contributed by atoms with van der Waals surface area (Å²) in [5.41, 5.74) is -0.0344. The monoisotopic (exact) mass is 278 g/mol. The number of anilines is 1. The van der Waals surface area contributed by atoms with Crippen molar-refractivity contribution in [1.82, 2.24) is 14.9 Å². The van der Waals surface area contributed by atoms with Gasteiger partial charge in [-0.25, -0.2) is 9.97 Å². The number of hydrogen-bond donors (Lipinski definition) is 0. The molecule has 0 unspecified atom stereocenters. The molecular weight excluding hydrogens is 256 g/mol. The highest BCUT2D eigenvalue weighted by atomic mass is 16.5. The first-order valence-corrected chi connectivity index (χ1v) is 7.15. The van der Waals surface area contributed by atoms with Crippen LogP contribution in [0.5, 0.6) is 5.88 Å². The van der Waals surface area contributed by atoms with Gasteiger partial charge in [-0.1, -0.05) is 0 Å². The quantitative estimate of drug-likeness (QED) is 0.797. The third-order valence-electron chi connectivity index (χ3n) is 4.29. The van der Waals surface area contributed by atoms with E-state index in [1.165, 1.54) is 0 Å². The molecule has 0 amide bonds. The van der Waals surface area contributed by atoms with E-state index in [1.807, 2.05) is 0 Å². The van der Waals surface area contributed by atoms with Crippen molar-refractivity contribution in [2.24, 2.45) is 0 Å². The third-order valence-corrected chi connectivity index (χ3v) is 4.29. The first-order valence-electron chi connectivity index (χ1n) is 7.15. The third kappa shape index (κ3) is 2.58. The number of rotatable bonds is 2. The molecule has 1 aromatic rings. The Hall–Kier alpha value is -1.40. The average Bonchev–Trinajstić information content (AvgIpc) is 2.51. The zero-order valence-corrected chi connectivity index (χ0v) is 12.2. The predicted molar refractivity (Wildman–Crippen MR) is 76.2 cm³/mol. The van der Waals surface area contributed by atoms with Gasteiger partial charge < -0.3 is 19.3 Å². The average molecular weight is 278 g/mol. The molecule has 2 aliphatic heterocycles. The molecule has 0 atom stereocenters. The van der Waals surface area contributed by atoms with Gasteiger partial charge in [0.25, 0.3) is 5.88 Å². The Morgan fingerprint density at radius 3 is 2.70 bits per heavy atom. The molecule has 1 aromatic heterocycles. The number of morpholine rings is 1. The molecule has 2 aliphatic rings. The summed E-state index contributed by atoms with van der Waals surface area (Å²) in [5.74, 6) is 1.43. The first kappa shape index (κ1) is 13.6. The smallest absolute Gasteiger partial charge is 0.257 e. The van der Waals surface area contributed by atoms with E-state index in [0.717, 1.165) is 51.4 Å². The predicted octanol–water partition coefficient (Wildman–Crippen LogP) is 0.786. The van der Waals surface area contributed by atoms with Crippen LogP contribution in [-0.2, 0) is 4.74 Å². The Balaban J connectivity index is 1.78. The van der Waals surface area contributed by atoms with E-state index in [2.05, 4.69) is 26.8 Å². The summed E-state index contributed by atoms with van der Waals surface area (Å²) < 4.78 is 11.4. The number of aromatic nitrogens is 2. The van der Waals surface area contributed by atoms with Crippen LogP contribution in [0.2, 0.25) is 0 Å². The largest absolute Gasteiger partial charge is 0.478 e. The van der Waals surface area contributed by atoms with Crippen LogP contribution in [-0.4, -0.2) is 67.4 Å². The minimum Gasteiger partial charge on any atom is -0.478 e. The minimum atomic E-state index is -0.0344. The standard InChI is InChI=1S/C14H22N4O2/c1-17-7-3-14(4-8-17)11-18(9-10-20-14)12-13(19-2)16-6-5-15-12/h5-6H,3-4,7-11H2,1-2H3. The van der Waals surface area contributed by atoms with Gasteiger partial charge in [0.1, 0.15) is 0 Å². The summed E-state index contributed by atoms with van der Waals surface area (Å²) in [6, 6.07) is 0. The lowest BCUT2D eigenvalue weighted by molar-refractivity contribution is -0.0885. The summed E-state index contributed by atoms with van der Waals surface area (Å²) in [6.45, 7) is 4.63. The molecule has 0 N–H and O–H groups in total. The molecule has 3 rings (SSSR count). The molecule has 20 heavy (non-hydrogen) atoms. The normalized spacial score (nSPS) is 23.0. The number of piperidine rings is 1. The molecule has 0 aliphatic carbocycles. The molecule has 3 heterocycles. The van der Waals surface area contributed by atoms with Crippen LogP contribution in [0.4, 0.5) is 5.82 Å². The molecule has 2 saturated heterocycles. The fourth-order valence-corrected chi connectivity index (χ4v) is 3.03. The van der Waals surface area contributed by atoms with E-state index in [4.69, 9.17) is 9.47 Å². The molecule has 6 nitrogen and oxygen atoms in total. The zero-order chi connectivity index (χ0) is 14.0. The fraction of sp³-hybridized carbons (Fsp3) is 0.714. The van der Waals surface area contributed by atoms with Crippen molar-refractivity contribution in [1.29, 1.82) is 0 Å². The number of nitrogens with zero attached hydrogens (tertiary/aromatic N) is 4. The van der Waals surface area contributed by atoms with E-state index in [-0.39, 0.29) is 5.60 Å². The Morgan fingerprint density at radius 1 is 1.20 bits per heavy atom. The molecule has 0 saturated carbocycles. The van der Waals surface area contributed by atoms with Crippen molar-refractivity contribution in [2.75, 3.05) is 51.8 Å². The van der Waals surface area contributed by atoms with E-state index in [0.29, 0.717) is 5.88 Å². The summed E-state index contributed by atoms with van der Waals surface area (Å²) in [7, 11) is 3.80. The Morgan fingerprint density at radius 2 is 1.95 bits per heavy atom. The highest BCUT2D eigenvalue weighted by Crippen LogP contribution is 2.33. The van der Waals surface area contributed by atoms with E-state index in [9.17, 15) is 0 Å². The maximum Gasteiger partial charge on any atom is 0.257 e. The maximum atomic E-state index is 6.12. The van der Waals surface area contributed by atoms with Crippen LogP contribution in [0.15, 0.2) is 12.4 Å². The molecule has 1 spiro atoms. The molecule has 110 valence electrons. The Labute approximate surface area is 119 Å². The maximum absolute atomic E-state index is 6.12. The molecule has 2 fully saturated rings. The highest BCUT2D eigenvalue weighted by molar-refractivity contribution is 5.48. The molecule has 6 heteroatoms. The molecule has 0 aromatic carbocycles. The van der Waals surface area contributed by atoms with Gasteiger partial charge >= 0.3 is 0 Å². The number of ether oxygens (including phenoxy) is 2. The SMILES string of the molecule is COc1nccnc1N1CCOC2(CCN(C)CC2)C1. The van der Waals surface area contributed by atoms with Crippen molar-refractivity contribution < 1.29 is 9.47 Å². The minimum absolute atomic E-state index is 0.0344. The first-order chi connectivity index (χ1) is 9.72. The second kappa shape index (κ2) is 5.54. The lowest BCUT2D eigenvalue weighted by atomic mass is 9.89. The number of hydrogen-bond acceptors (Lipinski definition) is 6. The second-order valence-electron chi connectivity index (χ2n) is 5.65. The van der Waals surface area contributed by atoms with Gasteiger partial charge in [-0.2, -0.15) is 0 Å². The highest BCUT2D eigenvalue weighted by Gasteiger charge is 2.40. The van der Waals surface area contributed by atoms with Crippen LogP contribution in [0, 0.1) is 0 Å². The lowest BCUT2D eigenvalue weighted by Gasteiger charge is -2.47. The van der Waals surface area contributed by atoms with Crippen LogP contribution in [0.1, 0.15) is 12.8 Å². The Kier molecular flexibility index (Phi) is 3.76. The van der Waals surface area contributed by atoms with Crippen molar-refractivity contribution in [2.45, 2.75) is 18.4 Å². The van der Waals surface area contributed by atoms with Gasteiger partial charge in [-0.05, 0) is 19.9 Å². The Bertz CT molecular complexity index is 460. The number of likely N-dealkylation sites (tertiary alicyclic amines) is 1. The van der Waals surface area contributed by atoms with E-state index in [1.54, 1.807) is 19.5 Å². The fourth-order valence-electron chi connectivity index (χ4n) is 3.03. The lowest BCUT2D eigenvalue weighted by Crippen LogP contribution is -2.56. The van der Waals surface area contributed by atoms with Crippen LogP contribution in [0.25, 0.3) is 0 Å². The van der Waals surface area contributed by atoms with Crippen molar-refractivity contribution >= 4 is 5.82 Å². The number of methoxy groups -OCH3 is 1. The van der Waals surface area contributed by atoms with Gasteiger partial charge in [-0.3, -0.25) is 0 Å². The van der Waals surface area contributed by atoms with E-state index >= 15 is 0 Å². The second-order valence-corrected chi connectivity index (χ2v) is 5.65. The molecular formula is C14H22N4O2. The summed E-state index contributed by atoms with van der Waals surface area (Å²) in [6.07, 6.45) is 5.52. The van der Waals surface area contributed by atoms with Crippen molar-refractivity contribution in [3.05, 3.63) is 12.4 Å². The van der Waals surface area contributed by atoms with Crippen molar-refractivity contribution in [3.63, 3.8) is 0 Å². The molecule has 0 bridgehead atoms. The van der Waals surface area contributed by atoms with Gasteiger partial charge in [0.15, 0.2) is 5.82 Å². The van der Waals surface area contributed by atoms with Crippen molar-refractivity contribution in [3.8, 4) is 5.88 Å². The van der Waals surface area contributed by atoms with Gasteiger partial charge in [-0.15, -0.1) is 0 Å². The molecule has 0 radical (unpaired) electrons. The van der Waals surface area contributed by atoms with E-state index < -0.39 is 0 Å². The van der Waals surface area contributed by atoms with Gasteiger partial charge in [0, 0.05) is 38.6 Å². The van der Waals surface area contributed by atoms with Crippen LogP contribution in [0.3, 0.4) is 0 Å². The van der Waals surface area contributed by atoms with Crippen LogP contribution >= 0.6 is 0 Å². The summed E-state index contributed by atoms with van der Waals surface area (Å²) >= 11 is 0. The van der Waals surface area contributed by atoms with Crippen LogP contribution < -0.4 is 9.64 Å². The summed E-state index contributed by atoms with van der Waals surface area (Å²) in [4.78, 5) is 13.3. The topological polar surface area (TPSA) is 50.7 Å². The zero-order valence-electron chi connectivity index (χ0n) is 12.2. The van der Waals surface area contributed by atoms with Gasteiger partial charge in [0.05, 0.1) is 19.3 Å².